The average Bonchev–Trinajstić information content (AvgIpc) is 2.91. The maximum Gasteiger partial charge on any atom is 0.325 e. The lowest BCUT2D eigenvalue weighted by atomic mass is 10.1. The van der Waals surface area contributed by atoms with E-state index < -0.39 is 5.54 Å². The molecule has 0 aliphatic carbocycles. The van der Waals surface area contributed by atoms with Crippen molar-refractivity contribution in [2.75, 3.05) is 20.1 Å². The van der Waals surface area contributed by atoms with Gasteiger partial charge in [0.25, 0.3) is 5.91 Å². The van der Waals surface area contributed by atoms with Crippen molar-refractivity contribution in [1.82, 2.24) is 15.1 Å². The van der Waals surface area contributed by atoms with Gasteiger partial charge in [0.2, 0.25) is 0 Å². The van der Waals surface area contributed by atoms with Crippen LogP contribution in [0.2, 0.25) is 0 Å². The lowest BCUT2D eigenvalue weighted by Crippen LogP contribution is -2.40. The van der Waals surface area contributed by atoms with Crippen LogP contribution in [-0.4, -0.2) is 47.4 Å². The van der Waals surface area contributed by atoms with Crippen molar-refractivity contribution in [2.24, 2.45) is 0 Å². The zero-order chi connectivity index (χ0) is 14.8. The van der Waals surface area contributed by atoms with E-state index in [1.807, 2.05) is 6.07 Å². The summed E-state index contributed by atoms with van der Waals surface area (Å²) in [7, 11) is 2.05. The summed E-state index contributed by atoms with van der Waals surface area (Å²) in [6.07, 6.45) is 0.789. The lowest BCUT2D eigenvalue weighted by molar-refractivity contribution is -0.130. The Morgan fingerprint density at radius 3 is 2.70 bits per heavy atom. The predicted octanol–water partition coefficient (Wildman–Crippen LogP) is 1.90. The molecule has 1 saturated heterocycles. The van der Waals surface area contributed by atoms with Gasteiger partial charge in [-0.2, -0.15) is 0 Å². The molecule has 0 bridgehead atoms. The Kier molecular flexibility index (Phi) is 4.45. The molecule has 1 N–H and O–H groups in total. The van der Waals surface area contributed by atoms with Crippen LogP contribution in [0.25, 0.3) is 0 Å². The molecule has 1 aromatic heterocycles. The van der Waals surface area contributed by atoms with Crippen molar-refractivity contribution < 1.29 is 9.59 Å². The van der Waals surface area contributed by atoms with Crippen molar-refractivity contribution in [3.63, 3.8) is 0 Å². The van der Waals surface area contributed by atoms with Crippen LogP contribution in [0.1, 0.15) is 25.1 Å². The van der Waals surface area contributed by atoms with E-state index in [2.05, 4.69) is 28.7 Å². The highest BCUT2D eigenvalue weighted by molar-refractivity contribution is 7.09. The molecule has 2 rings (SSSR count). The standard InChI is InChI=1S/C14H21N3O2S/c1-14(2)12(18)17(13(19)15-14)8-5-7-16(3)10-11-6-4-9-20-11/h4,6,9H,5,7-8,10H2,1-3H3,(H,15,19). The SMILES string of the molecule is CN(CCCN1C(=O)NC(C)(C)C1=O)Cc1cccs1. The summed E-state index contributed by atoms with van der Waals surface area (Å²) in [5.74, 6) is -0.136. The number of nitrogens with zero attached hydrogens (tertiary/aromatic N) is 2. The first-order valence-corrected chi connectivity index (χ1v) is 7.63. The highest BCUT2D eigenvalue weighted by Crippen LogP contribution is 2.17. The second-order valence-corrected chi connectivity index (χ2v) is 6.71. The Bertz CT molecular complexity index is 485. The van der Waals surface area contributed by atoms with Gasteiger partial charge in [-0.15, -0.1) is 11.3 Å². The largest absolute Gasteiger partial charge is 0.325 e. The Hall–Kier alpha value is -1.40. The van der Waals surface area contributed by atoms with E-state index in [0.29, 0.717) is 6.54 Å². The quantitative estimate of drug-likeness (QED) is 0.816. The van der Waals surface area contributed by atoms with Crippen LogP contribution in [0, 0.1) is 0 Å². The molecule has 0 aromatic carbocycles. The number of imide groups is 1. The zero-order valence-corrected chi connectivity index (χ0v) is 13.0. The van der Waals surface area contributed by atoms with Crippen molar-refractivity contribution in [3.05, 3.63) is 22.4 Å². The van der Waals surface area contributed by atoms with Crippen molar-refractivity contribution >= 4 is 23.3 Å². The molecular weight excluding hydrogens is 274 g/mol. The second kappa shape index (κ2) is 5.93. The summed E-state index contributed by atoms with van der Waals surface area (Å²) in [5, 5.41) is 4.76. The first kappa shape index (κ1) is 15.0. The summed E-state index contributed by atoms with van der Waals surface area (Å²) in [6, 6.07) is 3.88. The van der Waals surface area contributed by atoms with Gasteiger partial charge >= 0.3 is 6.03 Å². The fourth-order valence-corrected chi connectivity index (χ4v) is 3.05. The third kappa shape index (κ3) is 3.37. The molecule has 5 nitrogen and oxygen atoms in total. The fraction of sp³-hybridized carbons (Fsp3) is 0.571. The van der Waals surface area contributed by atoms with Crippen LogP contribution in [0.4, 0.5) is 4.79 Å². The second-order valence-electron chi connectivity index (χ2n) is 5.68. The lowest BCUT2D eigenvalue weighted by Gasteiger charge is -2.19. The number of nitrogens with one attached hydrogen (secondary N) is 1. The van der Waals surface area contributed by atoms with Crippen LogP contribution < -0.4 is 5.32 Å². The number of carbonyl (C=O) groups is 2. The number of carbonyl (C=O) groups excluding carboxylic acids is 2. The maximum absolute atomic E-state index is 12.0. The number of hydrogen-bond donors (Lipinski definition) is 1. The number of amides is 3. The molecular formula is C14H21N3O2S. The Labute approximate surface area is 123 Å². The van der Waals surface area contributed by atoms with Crippen LogP contribution in [-0.2, 0) is 11.3 Å². The van der Waals surface area contributed by atoms with E-state index in [9.17, 15) is 9.59 Å². The van der Waals surface area contributed by atoms with Gasteiger partial charge < -0.3 is 10.2 Å². The topological polar surface area (TPSA) is 52.6 Å². The fourth-order valence-electron chi connectivity index (χ4n) is 2.27. The van der Waals surface area contributed by atoms with Gasteiger partial charge in [-0.25, -0.2) is 4.79 Å². The zero-order valence-electron chi connectivity index (χ0n) is 12.2. The molecule has 1 aliphatic heterocycles. The van der Waals surface area contributed by atoms with E-state index >= 15 is 0 Å². The third-order valence-electron chi connectivity index (χ3n) is 3.37. The first-order chi connectivity index (χ1) is 9.40. The van der Waals surface area contributed by atoms with Gasteiger partial charge in [0.15, 0.2) is 0 Å². The smallest absolute Gasteiger partial charge is 0.324 e. The number of hydrogen-bond acceptors (Lipinski definition) is 4. The van der Waals surface area contributed by atoms with E-state index in [0.717, 1.165) is 19.5 Å². The summed E-state index contributed by atoms with van der Waals surface area (Å²) < 4.78 is 0. The molecule has 0 atom stereocenters. The summed E-state index contributed by atoms with van der Waals surface area (Å²) in [5.41, 5.74) is -0.764. The molecule has 1 fully saturated rings. The van der Waals surface area contributed by atoms with Gasteiger partial charge in [0.05, 0.1) is 0 Å². The van der Waals surface area contributed by atoms with Gasteiger partial charge in [-0.05, 0) is 45.3 Å². The van der Waals surface area contributed by atoms with E-state index in [-0.39, 0.29) is 11.9 Å². The molecule has 0 radical (unpaired) electrons. The van der Waals surface area contributed by atoms with Crippen molar-refractivity contribution in [2.45, 2.75) is 32.4 Å². The molecule has 3 amide bonds. The third-order valence-corrected chi connectivity index (χ3v) is 4.23. The van der Waals surface area contributed by atoms with Crippen LogP contribution >= 0.6 is 11.3 Å². The predicted molar refractivity (Wildman–Crippen MR) is 79.6 cm³/mol. The molecule has 110 valence electrons. The molecule has 0 saturated carbocycles. The van der Waals surface area contributed by atoms with Crippen LogP contribution in [0.5, 0.6) is 0 Å². The Morgan fingerprint density at radius 2 is 2.15 bits per heavy atom. The summed E-state index contributed by atoms with van der Waals surface area (Å²) in [6.45, 7) is 5.70. The first-order valence-electron chi connectivity index (χ1n) is 6.75. The van der Waals surface area contributed by atoms with Gasteiger partial charge in [-0.3, -0.25) is 9.69 Å². The Balaban J connectivity index is 1.76. The minimum atomic E-state index is -0.764. The van der Waals surface area contributed by atoms with Crippen LogP contribution in [0.3, 0.4) is 0 Å². The molecule has 6 heteroatoms. The molecule has 1 aromatic rings. The van der Waals surface area contributed by atoms with Gasteiger partial charge in [0.1, 0.15) is 5.54 Å². The highest BCUT2D eigenvalue weighted by Gasteiger charge is 2.43. The number of thiophene rings is 1. The molecule has 0 unspecified atom stereocenters. The van der Waals surface area contributed by atoms with E-state index in [1.54, 1.807) is 25.2 Å². The Morgan fingerprint density at radius 1 is 1.40 bits per heavy atom. The highest BCUT2D eigenvalue weighted by atomic mass is 32.1. The minimum absolute atomic E-state index is 0.136. The molecule has 20 heavy (non-hydrogen) atoms. The van der Waals surface area contributed by atoms with E-state index in [4.69, 9.17) is 0 Å². The summed E-state index contributed by atoms with van der Waals surface area (Å²) in [4.78, 5) is 28.6. The maximum atomic E-state index is 12.0. The van der Waals surface area contributed by atoms with Crippen LogP contribution in [0.15, 0.2) is 17.5 Å². The molecule has 1 aliphatic rings. The molecule has 2 heterocycles. The summed E-state index contributed by atoms with van der Waals surface area (Å²) >= 11 is 1.74. The molecule has 0 spiro atoms. The van der Waals surface area contributed by atoms with Crippen molar-refractivity contribution in [1.29, 1.82) is 0 Å². The minimum Gasteiger partial charge on any atom is -0.324 e. The van der Waals surface area contributed by atoms with Gasteiger partial charge in [0, 0.05) is 18.0 Å². The number of urea groups is 1. The number of rotatable bonds is 6. The average molecular weight is 295 g/mol. The van der Waals surface area contributed by atoms with Gasteiger partial charge in [-0.1, -0.05) is 6.07 Å². The van der Waals surface area contributed by atoms with Crippen molar-refractivity contribution in [3.8, 4) is 0 Å². The van der Waals surface area contributed by atoms with E-state index in [1.165, 1.54) is 9.78 Å². The normalized spacial score (nSPS) is 17.9. The monoisotopic (exact) mass is 295 g/mol.